The van der Waals surface area contributed by atoms with Crippen LogP contribution in [-0.2, 0) is 9.84 Å². The Hall–Kier alpha value is -0.330. The monoisotopic (exact) mass is 338 g/mol. The molecule has 4 nitrogen and oxygen atoms in total. The SMILES string of the molecule is O=S1(=O)CCCN(c2ncc(Cl)cc2Br)CC1. The van der Waals surface area contributed by atoms with Gasteiger partial charge in [0.05, 0.1) is 21.0 Å². The number of hydrogen-bond acceptors (Lipinski definition) is 4. The summed E-state index contributed by atoms with van der Waals surface area (Å²) in [4.78, 5) is 6.22. The molecule has 0 aromatic carbocycles. The maximum Gasteiger partial charge on any atom is 0.152 e. The van der Waals surface area contributed by atoms with E-state index in [-0.39, 0.29) is 11.5 Å². The Kier molecular flexibility index (Phi) is 3.95. The molecule has 0 radical (unpaired) electrons. The Morgan fingerprint density at radius 2 is 2.12 bits per heavy atom. The van der Waals surface area contributed by atoms with Gasteiger partial charge in [-0.2, -0.15) is 0 Å². The molecule has 0 spiro atoms. The predicted octanol–water partition coefficient (Wildman–Crippen LogP) is 2.12. The molecule has 0 aliphatic carbocycles. The number of halogens is 2. The molecular weight excluding hydrogens is 328 g/mol. The maximum absolute atomic E-state index is 11.5. The van der Waals surface area contributed by atoms with Crippen LogP contribution in [0.4, 0.5) is 5.82 Å². The van der Waals surface area contributed by atoms with Crippen molar-refractivity contribution in [3.8, 4) is 0 Å². The van der Waals surface area contributed by atoms with Crippen molar-refractivity contribution in [3.05, 3.63) is 21.8 Å². The Morgan fingerprint density at radius 1 is 1.35 bits per heavy atom. The minimum atomic E-state index is -2.89. The van der Waals surface area contributed by atoms with Gasteiger partial charge in [-0.05, 0) is 28.4 Å². The Bertz CT molecular complexity index is 521. The molecule has 1 aliphatic rings. The van der Waals surface area contributed by atoms with Crippen LogP contribution in [0.3, 0.4) is 0 Å². The van der Waals surface area contributed by atoms with Crippen molar-refractivity contribution >= 4 is 43.2 Å². The molecule has 1 aliphatic heterocycles. The van der Waals surface area contributed by atoms with Crippen LogP contribution < -0.4 is 4.90 Å². The zero-order chi connectivity index (χ0) is 12.5. The van der Waals surface area contributed by atoms with Crippen LogP contribution in [0.5, 0.6) is 0 Å². The van der Waals surface area contributed by atoms with Crippen LogP contribution in [0.25, 0.3) is 0 Å². The first kappa shape index (κ1) is 13.1. The fourth-order valence-corrected chi connectivity index (χ4v) is 3.95. The minimum absolute atomic E-state index is 0.184. The van der Waals surface area contributed by atoms with E-state index in [1.807, 2.05) is 4.90 Å². The summed E-state index contributed by atoms with van der Waals surface area (Å²) in [6.07, 6.45) is 2.21. The normalized spacial score (nSPS) is 20.0. The number of pyridine rings is 1. The predicted molar refractivity (Wildman–Crippen MR) is 72.4 cm³/mol. The van der Waals surface area contributed by atoms with Crippen LogP contribution in [0, 0.1) is 0 Å². The number of hydrogen-bond donors (Lipinski definition) is 0. The lowest BCUT2D eigenvalue weighted by Crippen LogP contribution is -2.27. The molecule has 0 N–H and O–H groups in total. The highest BCUT2D eigenvalue weighted by atomic mass is 79.9. The molecule has 7 heteroatoms. The van der Waals surface area contributed by atoms with Crippen LogP contribution >= 0.6 is 27.5 Å². The van der Waals surface area contributed by atoms with E-state index in [1.54, 1.807) is 12.3 Å². The molecule has 0 bridgehead atoms. The van der Waals surface area contributed by atoms with Gasteiger partial charge in [-0.1, -0.05) is 11.6 Å². The van der Waals surface area contributed by atoms with Crippen molar-refractivity contribution in [2.24, 2.45) is 0 Å². The number of aromatic nitrogens is 1. The highest BCUT2D eigenvalue weighted by Crippen LogP contribution is 2.27. The zero-order valence-corrected chi connectivity index (χ0v) is 12.2. The summed E-state index contributed by atoms with van der Waals surface area (Å²) in [5, 5.41) is 0.558. The molecular formula is C10H12BrClN2O2S. The van der Waals surface area contributed by atoms with E-state index in [1.165, 1.54) is 0 Å². The quantitative estimate of drug-likeness (QED) is 0.786. The van der Waals surface area contributed by atoms with E-state index in [9.17, 15) is 8.42 Å². The first-order chi connectivity index (χ1) is 7.98. The third kappa shape index (κ3) is 3.33. The van der Waals surface area contributed by atoms with Crippen molar-refractivity contribution in [3.63, 3.8) is 0 Å². The summed E-state index contributed by atoms with van der Waals surface area (Å²) in [6, 6.07) is 1.77. The number of rotatable bonds is 1. The lowest BCUT2D eigenvalue weighted by molar-refractivity contribution is 0.597. The lowest BCUT2D eigenvalue weighted by Gasteiger charge is -2.21. The molecule has 0 atom stereocenters. The van der Waals surface area contributed by atoms with E-state index in [4.69, 9.17) is 11.6 Å². The Labute approximate surface area is 114 Å². The van der Waals surface area contributed by atoms with E-state index >= 15 is 0 Å². The maximum atomic E-state index is 11.5. The fourth-order valence-electron chi connectivity index (χ4n) is 1.79. The topological polar surface area (TPSA) is 50.3 Å². The molecule has 1 aromatic heterocycles. The minimum Gasteiger partial charge on any atom is -0.355 e. The zero-order valence-electron chi connectivity index (χ0n) is 9.07. The highest BCUT2D eigenvalue weighted by molar-refractivity contribution is 9.10. The van der Waals surface area contributed by atoms with E-state index in [0.717, 1.165) is 10.3 Å². The third-order valence-electron chi connectivity index (χ3n) is 2.64. The fraction of sp³-hybridized carbons (Fsp3) is 0.500. The standard InChI is InChI=1S/C10H12BrClN2O2S/c11-9-6-8(12)7-13-10(9)14-2-1-4-17(15,16)5-3-14/h6-7H,1-5H2. The molecule has 2 rings (SSSR count). The lowest BCUT2D eigenvalue weighted by atomic mass is 10.3. The molecule has 0 saturated carbocycles. The average molecular weight is 340 g/mol. The molecule has 1 fully saturated rings. The van der Waals surface area contributed by atoms with Crippen LogP contribution in [0.15, 0.2) is 16.7 Å². The summed E-state index contributed by atoms with van der Waals surface area (Å²) < 4.78 is 23.8. The summed E-state index contributed by atoms with van der Waals surface area (Å²) >= 11 is 9.23. The van der Waals surface area contributed by atoms with Crippen LogP contribution in [-0.4, -0.2) is 38.0 Å². The van der Waals surface area contributed by atoms with Gasteiger partial charge >= 0.3 is 0 Å². The van der Waals surface area contributed by atoms with Crippen LogP contribution in [0.1, 0.15) is 6.42 Å². The average Bonchev–Trinajstić information content (AvgIpc) is 2.40. The van der Waals surface area contributed by atoms with E-state index in [0.29, 0.717) is 24.5 Å². The second-order valence-corrected chi connectivity index (χ2v) is 7.55. The van der Waals surface area contributed by atoms with Crippen molar-refractivity contribution in [1.82, 2.24) is 4.98 Å². The Balaban J connectivity index is 2.23. The van der Waals surface area contributed by atoms with Gasteiger partial charge in [-0.3, -0.25) is 0 Å². The van der Waals surface area contributed by atoms with Crippen molar-refractivity contribution in [2.45, 2.75) is 6.42 Å². The molecule has 0 amide bonds. The first-order valence-electron chi connectivity index (χ1n) is 5.24. The van der Waals surface area contributed by atoms with Gasteiger partial charge in [0, 0.05) is 19.3 Å². The van der Waals surface area contributed by atoms with Crippen molar-refractivity contribution in [2.75, 3.05) is 29.5 Å². The van der Waals surface area contributed by atoms with Gasteiger partial charge in [0.25, 0.3) is 0 Å². The van der Waals surface area contributed by atoms with E-state index < -0.39 is 9.84 Å². The molecule has 94 valence electrons. The Morgan fingerprint density at radius 3 is 2.82 bits per heavy atom. The van der Waals surface area contributed by atoms with Gasteiger partial charge < -0.3 is 4.90 Å². The molecule has 0 unspecified atom stereocenters. The second-order valence-electron chi connectivity index (χ2n) is 3.95. The molecule has 2 heterocycles. The molecule has 1 saturated heterocycles. The second kappa shape index (κ2) is 5.12. The summed E-state index contributed by atoms with van der Waals surface area (Å²) in [5.41, 5.74) is 0. The van der Waals surface area contributed by atoms with Gasteiger partial charge in [-0.15, -0.1) is 0 Å². The summed E-state index contributed by atoms with van der Waals surface area (Å²) in [7, 11) is -2.89. The van der Waals surface area contributed by atoms with Gasteiger partial charge in [0.1, 0.15) is 5.82 Å². The van der Waals surface area contributed by atoms with E-state index in [2.05, 4.69) is 20.9 Å². The van der Waals surface area contributed by atoms with Crippen LogP contribution in [0.2, 0.25) is 5.02 Å². The van der Waals surface area contributed by atoms with Gasteiger partial charge in [0.2, 0.25) is 0 Å². The number of nitrogens with zero attached hydrogens (tertiary/aromatic N) is 2. The third-order valence-corrected chi connectivity index (χ3v) is 5.15. The summed E-state index contributed by atoms with van der Waals surface area (Å²) in [5.74, 6) is 1.20. The first-order valence-corrected chi connectivity index (χ1v) is 8.23. The number of sulfone groups is 1. The largest absolute Gasteiger partial charge is 0.355 e. The molecule has 1 aromatic rings. The molecule has 17 heavy (non-hydrogen) atoms. The number of anilines is 1. The van der Waals surface area contributed by atoms with Crippen molar-refractivity contribution in [1.29, 1.82) is 0 Å². The van der Waals surface area contributed by atoms with Crippen molar-refractivity contribution < 1.29 is 8.42 Å². The highest BCUT2D eigenvalue weighted by Gasteiger charge is 2.21. The van der Waals surface area contributed by atoms with Gasteiger partial charge in [0.15, 0.2) is 9.84 Å². The summed E-state index contributed by atoms with van der Waals surface area (Å²) in [6.45, 7) is 1.18. The smallest absolute Gasteiger partial charge is 0.152 e. The van der Waals surface area contributed by atoms with Gasteiger partial charge in [-0.25, -0.2) is 13.4 Å².